The summed E-state index contributed by atoms with van der Waals surface area (Å²) in [5, 5.41) is 0.503. The largest absolute Gasteiger partial charge is 0.365 e. The number of halogens is 3. The first kappa shape index (κ1) is 8.14. The van der Waals surface area contributed by atoms with Crippen LogP contribution in [0.3, 0.4) is 0 Å². The molecule has 0 atom stereocenters. The van der Waals surface area contributed by atoms with Gasteiger partial charge in [0.05, 0.1) is 5.69 Å². The molecular weight excluding hydrogens is 172 g/mol. The van der Waals surface area contributed by atoms with Crippen LogP contribution in [0.15, 0.2) is 29.3 Å². The summed E-state index contributed by atoms with van der Waals surface area (Å²) in [6, 6.07) is 5.84. The second-order valence-electron chi connectivity index (χ2n) is 1.83. The van der Waals surface area contributed by atoms with E-state index in [1.807, 2.05) is 0 Å². The maximum absolute atomic E-state index is 11.5. The molecule has 0 saturated carbocycles. The van der Waals surface area contributed by atoms with Gasteiger partial charge in [0.25, 0.3) is 0 Å². The predicted molar refractivity (Wildman–Crippen MR) is 40.8 cm³/mol. The Morgan fingerprint density at radius 2 is 1.73 bits per heavy atom. The normalized spacial score (nSPS) is 9.36. The standard InChI is InChI=1S/C7H4ClF2N/c8-5-1-3-6(4-2-5)11-7(9)10/h1-4H. The molecule has 1 aromatic carbocycles. The first-order valence-electron chi connectivity index (χ1n) is 2.84. The van der Waals surface area contributed by atoms with Crippen LogP contribution in [0.1, 0.15) is 0 Å². The molecule has 1 nitrogen and oxygen atoms in total. The average Bonchev–Trinajstić information content (AvgIpc) is 1.93. The van der Waals surface area contributed by atoms with E-state index in [-0.39, 0.29) is 5.69 Å². The second kappa shape index (κ2) is 3.44. The van der Waals surface area contributed by atoms with E-state index in [1.54, 1.807) is 0 Å². The fraction of sp³-hybridized carbons (Fsp3) is 0. The topological polar surface area (TPSA) is 12.4 Å². The van der Waals surface area contributed by atoms with Gasteiger partial charge in [0.2, 0.25) is 0 Å². The van der Waals surface area contributed by atoms with Gasteiger partial charge < -0.3 is 0 Å². The maximum Gasteiger partial charge on any atom is 0.365 e. The van der Waals surface area contributed by atoms with Gasteiger partial charge in [-0.05, 0) is 24.3 Å². The molecule has 0 spiro atoms. The highest BCUT2D eigenvalue weighted by molar-refractivity contribution is 6.30. The Kier molecular flexibility index (Phi) is 2.54. The Morgan fingerprint density at radius 1 is 1.18 bits per heavy atom. The zero-order chi connectivity index (χ0) is 8.27. The molecule has 0 heterocycles. The molecule has 0 saturated heterocycles. The highest BCUT2D eigenvalue weighted by Crippen LogP contribution is 2.16. The minimum absolute atomic E-state index is 0.203. The van der Waals surface area contributed by atoms with Crippen LogP contribution >= 0.6 is 11.6 Å². The number of aliphatic imine (C=N–C) groups is 1. The van der Waals surface area contributed by atoms with Crippen molar-refractivity contribution in [2.24, 2.45) is 4.99 Å². The van der Waals surface area contributed by atoms with Gasteiger partial charge in [0.15, 0.2) is 0 Å². The van der Waals surface area contributed by atoms with Crippen LogP contribution in [0.4, 0.5) is 14.5 Å². The Balaban J connectivity index is 2.91. The minimum Gasteiger partial charge on any atom is -0.194 e. The Labute approximate surface area is 67.3 Å². The molecule has 58 valence electrons. The molecule has 11 heavy (non-hydrogen) atoms. The Morgan fingerprint density at radius 3 is 2.18 bits per heavy atom. The van der Waals surface area contributed by atoms with Crippen molar-refractivity contribution in [3.05, 3.63) is 29.3 Å². The average molecular weight is 176 g/mol. The molecule has 0 aliphatic rings. The number of hydrogen-bond donors (Lipinski definition) is 0. The predicted octanol–water partition coefficient (Wildman–Crippen LogP) is 3.27. The van der Waals surface area contributed by atoms with Crippen molar-refractivity contribution < 1.29 is 8.78 Å². The van der Waals surface area contributed by atoms with E-state index >= 15 is 0 Å². The van der Waals surface area contributed by atoms with Crippen LogP contribution in [0, 0.1) is 0 Å². The highest BCUT2D eigenvalue weighted by atomic mass is 35.5. The van der Waals surface area contributed by atoms with Crippen molar-refractivity contribution in [1.82, 2.24) is 0 Å². The van der Waals surface area contributed by atoms with Crippen LogP contribution in [0.5, 0.6) is 0 Å². The maximum atomic E-state index is 11.5. The van der Waals surface area contributed by atoms with Gasteiger partial charge in [-0.25, -0.2) is 0 Å². The third-order valence-electron chi connectivity index (χ3n) is 1.04. The van der Waals surface area contributed by atoms with E-state index in [1.165, 1.54) is 24.3 Å². The second-order valence-corrected chi connectivity index (χ2v) is 2.27. The fourth-order valence-corrected chi connectivity index (χ4v) is 0.739. The number of rotatable bonds is 1. The van der Waals surface area contributed by atoms with Gasteiger partial charge in [-0.3, -0.25) is 0 Å². The van der Waals surface area contributed by atoms with Gasteiger partial charge in [0.1, 0.15) is 0 Å². The van der Waals surface area contributed by atoms with E-state index < -0.39 is 6.22 Å². The van der Waals surface area contributed by atoms with E-state index in [0.29, 0.717) is 5.02 Å². The summed E-state index contributed by atoms with van der Waals surface area (Å²) >= 11 is 5.51. The third kappa shape index (κ3) is 2.63. The molecule has 1 aromatic rings. The molecule has 0 amide bonds. The smallest absolute Gasteiger partial charge is 0.194 e. The van der Waals surface area contributed by atoms with E-state index in [9.17, 15) is 8.78 Å². The molecule has 4 heteroatoms. The summed E-state index contributed by atoms with van der Waals surface area (Å²) in [5.74, 6) is 0. The summed E-state index contributed by atoms with van der Waals surface area (Å²) in [6.45, 7) is 0. The van der Waals surface area contributed by atoms with E-state index in [2.05, 4.69) is 4.99 Å². The van der Waals surface area contributed by atoms with Gasteiger partial charge in [-0.2, -0.15) is 13.8 Å². The Bertz CT molecular complexity index is 264. The zero-order valence-electron chi connectivity index (χ0n) is 5.39. The van der Waals surface area contributed by atoms with Crippen molar-refractivity contribution >= 4 is 23.5 Å². The molecule has 0 aliphatic carbocycles. The number of benzene rings is 1. The first-order valence-corrected chi connectivity index (χ1v) is 3.21. The quantitative estimate of drug-likeness (QED) is 0.581. The van der Waals surface area contributed by atoms with Gasteiger partial charge in [-0.1, -0.05) is 11.6 Å². The number of hydrogen-bond acceptors (Lipinski definition) is 1. The summed E-state index contributed by atoms with van der Waals surface area (Å²) in [6.07, 6.45) is -1.95. The first-order chi connectivity index (χ1) is 5.18. The molecule has 0 radical (unpaired) electrons. The minimum atomic E-state index is -1.95. The monoisotopic (exact) mass is 175 g/mol. The lowest BCUT2D eigenvalue weighted by molar-refractivity contribution is 0.616. The SMILES string of the molecule is FC(F)=Nc1ccc(Cl)cc1. The molecule has 1 rings (SSSR count). The molecule has 0 unspecified atom stereocenters. The molecule has 0 aliphatic heterocycles. The zero-order valence-corrected chi connectivity index (χ0v) is 6.15. The lowest BCUT2D eigenvalue weighted by Gasteiger charge is -1.90. The summed E-state index contributed by atoms with van der Waals surface area (Å²) < 4.78 is 23.1. The molecule has 0 aromatic heterocycles. The summed E-state index contributed by atoms with van der Waals surface area (Å²) in [7, 11) is 0. The van der Waals surface area contributed by atoms with Gasteiger partial charge >= 0.3 is 6.22 Å². The third-order valence-corrected chi connectivity index (χ3v) is 1.29. The van der Waals surface area contributed by atoms with Crippen molar-refractivity contribution in [2.75, 3.05) is 0 Å². The van der Waals surface area contributed by atoms with Crippen molar-refractivity contribution in [2.45, 2.75) is 0 Å². The molecule has 0 bridgehead atoms. The van der Waals surface area contributed by atoms with Crippen molar-refractivity contribution in [3.63, 3.8) is 0 Å². The lowest BCUT2D eigenvalue weighted by atomic mass is 10.3. The van der Waals surface area contributed by atoms with Gasteiger partial charge in [0, 0.05) is 5.02 Å². The van der Waals surface area contributed by atoms with Crippen molar-refractivity contribution in [3.8, 4) is 0 Å². The summed E-state index contributed by atoms with van der Waals surface area (Å²) in [5.41, 5.74) is 0.203. The molecular formula is C7H4ClF2N. The van der Waals surface area contributed by atoms with Crippen LogP contribution < -0.4 is 0 Å². The Hall–Kier alpha value is -0.960. The van der Waals surface area contributed by atoms with Crippen LogP contribution in [0.2, 0.25) is 5.02 Å². The molecule has 0 N–H and O–H groups in total. The van der Waals surface area contributed by atoms with Crippen molar-refractivity contribution in [1.29, 1.82) is 0 Å². The van der Waals surface area contributed by atoms with E-state index in [4.69, 9.17) is 11.6 Å². The van der Waals surface area contributed by atoms with Crippen LogP contribution in [0.25, 0.3) is 0 Å². The fourth-order valence-electron chi connectivity index (χ4n) is 0.613. The van der Waals surface area contributed by atoms with Crippen LogP contribution in [-0.4, -0.2) is 6.22 Å². The number of nitrogens with zero attached hydrogens (tertiary/aromatic N) is 1. The van der Waals surface area contributed by atoms with Gasteiger partial charge in [-0.15, -0.1) is 0 Å². The van der Waals surface area contributed by atoms with Crippen LogP contribution in [-0.2, 0) is 0 Å². The summed E-state index contributed by atoms with van der Waals surface area (Å²) in [4.78, 5) is 2.93. The van der Waals surface area contributed by atoms with E-state index in [0.717, 1.165) is 0 Å². The highest BCUT2D eigenvalue weighted by Gasteiger charge is 1.92. The molecule has 0 fully saturated rings. The lowest BCUT2D eigenvalue weighted by Crippen LogP contribution is -1.72.